The Bertz CT molecular complexity index is 702. The molecule has 9 atom stereocenters. The standard InChI is InChI=1S/C26H41NO2.C2H6/c1-17(4-6-19-15-29-16-27-19)22-8-9-23-21-7-5-18-14-20(28)10-12-25(18,2)24(21)11-13-26(22,23)3;1-2/h15-18,20-24,28H,4-14H2,1-3H3;1-2H3. The minimum Gasteiger partial charge on any atom is -0.451 e. The van der Waals surface area contributed by atoms with Gasteiger partial charge in [-0.2, -0.15) is 0 Å². The molecule has 5 rings (SSSR count). The van der Waals surface area contributed by atoms with Crippen LogP contribution < -0.4 is 0 Å². The molecule has 0 amide bonds. The van der Waals surface area contributed by atoms with E-state index in [-0.39, 0.29) is 6.10 Å². The molecule has 4 aliphatic rings. The van der Waals surface area contributed by atoms with Gasteiger partial charge in [-0.3, -0.25) is 0 Å². The van der Waals surface area contributed by atoms with Crippen LogP contribution in [0.3, 0.4) is 0 Å². The van der Waals surface area contributed by atoms with Crippen LogP contribution in [0.2, 0.25) is 0 Å². The minimum absolute atomic E-state index is 0.0279. The van der Waals surface area contributed by atoms with Crippen LogP contribution in [0.25, 0.3) is 0 Å². The van der Waals surface area contributed by atoms with Crippen molar-refractivity contribution in [1.82, 2.24) is 4.98 Å². The first-order chi connectivity index (χ1) is 14.9. The van der Waals surface area contributed by atoms with Gasteiger partial charge in [-0.1, -0.05) is 34.6 Å². The lowest BCUT2D eigenvalue weighted by atomic mass is 9.44. The van der Waals surface area contributed by atoms with Crippen molar-refractivity contribution in [1.29, 1.82) is 0 Å². The molecule has 4 fully saturated rings. The van der Waals surface area contributed by atoms with Crippen molar-refractivity contribution in [2.24, 2.45) is 46.3 Å². The second-order valence-electron chi connectivity index (χ2n) is 11.8. The van der Waals surface area contributed by atoms with Crippen LogP contribution in [-0.2, 0) is 6.42 Å². The van der Waals surface area contributed by atoms with Crippen molar-refractivity contribution >= 4 is 0 Å². The van der Waals surface area contributed by atoms with Gasteiger partial charge in [-0.25, -0.2) is 4.98 Å². The minimum atomic E-state index is -0.0279. The highest BCUT2D eigenvalue weighted by atomic mass is 16.3. The molecule has 0 bridgehead atoms. The van der Waals surface area contributed by atoms with Crippen LogP contribution in [0.5, 0.6) is 0 Å². The summed E-state index contributed by atoms with van der Waals surface area (Å²) in [5.41, 5.74) is 2.16. The Kier molecular flexibility index (Phi) is 6.92. The van der Waals surface area contributed by atoms with Crippen molar-refractivity contribution in [2.75, 3.05) is 0 Å². The topological polar surface area (TPSA) is 46.3 Å². The number of aliphatic hydroxyl groups excluding tert-OH is 1. The van der Waals surface area contributed by atoms with Gasteiger partial charge in [0.15, 0.2) is 6.39 Å². The molecule has 0 aliphatic heterocycles. The number of oxazole rings is 1. The maximum absolute atomic E-state index is 10.3. The second-order valence-corrected chi connectivity index (χ2v) is 11.8. The number of hydrogen-bond donors (Lipinski definition) is 1. The largest absolute Gasteiger partial charge is 0.451 e. The number of nitrogens with zero attached hydrogens (tertiary/aromatic N) is 1. The quantitative estimate of drug-likeness (QED) is 0.546. The Morgan fingerprint density at radius 2 is 1.77 bits per heavy atom. The number of aromatic nitrogens is 1. The molecule has 176 valence electrons. The fraction of sp³-hybridized carbons (Fsp3) is 0.893. The summed E-state index contributed by atoms with van der Waals surface area (Å²) in [5, 5.41) is 10.3. The number of aryl methyl sites for hydroxylation is 1. The monoisotopic (exact) mass is 429 g/mol. The molecule has 1 aromatic rings. The lowest BCUT2D eigenvalue weighted by molar-refractivity contribution is -0.129. The fourth-order valence-corrected chi connectivity index (χ4v) is 9.15. The maximum Gasteiger partial charge on any atom is 0.180 e. The highest BCUT2D eigenvalue weighted by Crippen LogP contribution is 2.68. The van der Waals surface area contributed by atoms with E-state index < -0.39 is 0 Å². The summed E-state index contributed by atoms with van der Waals surface area (Å²) >= 11 is 0. The molecule has 3 heteroatoms. The van der Waals surface area contributed by atoms with Crippen molar-refractivity contribution in [3.05, 3.63) is 18.4 Å². The molecule has 4 aliphatic carbocycles. The van der Waals surface area contributed by atoms with E-state index in [2.05, 4.69) is 25.8 Å². The lowest BCUT2D eigenvalue weighted by Crippen LogP contribution is -2.54. The van der Waals surface area contributed by atoms with E-state index in [0.29, 0.717) is 10.8 Å². The van der Waals surface area contributed by atoms with Gasteiger partial charge in [-0.15, -0.1) is 0 Å². The van der Waals surface area contributed by atoms with E-state index in [4.69, 9.17) is 4.42 Å². The van der Waals surface area contributed by atoms with Crippen molar-refractivity contribution in [2.45, 2.75) is 111 Å². The van der Waals surface area contributed by atoms with Crippen molar-refractivity contribution in [3.63, 3.8) is 0 Å². The van der Waals surface area contributed by atoms with E-state index in [1.54, 1.807) is 6.39 Å². The normalized spacial score (nSPS) is 45.0. The average Bonchev–Trinajstić information content (AvgIpc) is 3.41. The zero-order chi connectivity index (χ0) is 22.2. The number of aliphatic hydroxyl groups is 1. The van der Waals surface area contributed by atoms with Crippen molar-refractivity contribution < 1.29 is 9.52 Å². The molecule has 31 heavy (non-hydrogen) atoms. The van der Waals surface area contributed by atoms with Crippen LogP contribution in [-0.4, -0.2) is 16.2 Å². The van der Waals surface area contributed by atoms with Gasteiger partial charge in [0.2, 0.25) is 0 Å². The van der Waals surface area contributed by atoms with Crippen molar-refractivity contribution in [3.8, 4) is 0 Å². The first-order valence-electron chi connectivity index (χ1n) is 13.5. The highest BCUT2D eigenvalue weighted by Gasteiger charge is 2.60. The Labute approximate surface area is 190 Å². The molecule has 3 nitrogen and oxygen atoms in total. The summed E-state index contributed by atoms with van der Waals surface area (Å²) in [6.07, 6.45) is 17.6. The third kappa shape index (κ3) is 4.02. The average molecular weight is 430 g/mol. The Balaban J connectivity index is 0.00000112. The summed E-state index contributed by atoms with van der Waals surface area (Å²) in [6.45, 7) is 11.8. The SMILES string of the molecule is CC.CC(CCc1cocn1)C1CCC2C3CCC4CC(O)CCC4(C)C3CCC12C. The summed E-state index contributed by atoms with van der Waals surface area (Å²) < 4.78 is 5.17. The summed E-state index contributed by atoms with van der Waals surface area (Å²) in [5.74, 6) is 5.21. The van der Waals surface area contributed by atoms with Gasteiger partial charge in [0.25, 0.3) is 0 Å². The summed E-state index contributed by atoms with van der Waals surface area (Å²) in [4.78, 5) is 4.33. The van der Waals surface area contributed by atoms with Crippen LogP contribution in [0.1, 0.15) is 105 Å². The number of rotatable bonds is 4. The first kappa shape index (κ1) is 23.3. The van der Waals surface area contributed by atoms with E-state index in [0.717, 1.165) is 60.5 Å². The van der Waals surface area contributed by atoms with E-state index in [1.807, 2.05) is 20.1 Å². The van der Waals surface area contributed by atoms with Gasteiger partial charge in [-0.05, 0) is 117 Å². The maximum atomic E-state index is 10.3. The molecule has 4 saturated carbocycles. The summed E-state index contributed by atoms with van der Waals surface area (Å²) in [7, 11) is 0. The van der Waals surface area contributed by atoms with E-state index in [9.17, 15) is 5.11 Å². The molecule has 1 N–H and O–H groups in total. The fourth-order valence-electron chi connectivity index (χ4n) is 9.15. The number of fused-ring (bicyclic) bond motifs is 5. The van der Waals surface area contributed by atoms with Crippen LogP contribution in [0.4, 0.5) is 0 Å². The third-order valence-corrected chi connectivity index (χ3v) is 10.7. The van der Waals surface area contributed by atoms with Crippen LogP contribution in [0, 0.1) is 46.3 Å². The van der Waals surface area contributed by atoms with Crippen LogP contribution >= 0.6 is 0 Å². The summed E-state index contributed by atoms with van der Waals surface area (Å²) in [6, 6.07) is 0. The molecule has 1 heterocycles. The molecule has 1 aromatic heterocycles. The predicted molar refractivity (Wildman–Crippen MR) is 127 cm³/mol. The predicted octanol–water partition coefficient (Wildman–Crippen LogP) is 7.29. The van der Waals surface area contributed by atoms with Gasteiger partial charge < -0.3 is 9.52 Å². The van der Waals surface area contributed by atoms with Gasteiger partial charge in [0, 0.05) is 0 Å². The Morgan fingerprint density at radius 1 is 1.03 bits per heavy atom. The zero-order valence-corrected chi connectivity index (χ0v) is 20.8. The smallest absolute Gasteiger partial charge is 0.180 e. The number of hydrogen-bond acceptors (Lipinski definition) is 3. The Morgan fingerprint density at radius 3 is 2.52 bits per heavy atom. The second kappa shape index (κ2) is 9.20. The zero-order valence-electron chi connectivity index (χ0n) is 20.8. The molecular formula is C28H47NO2. The van der Waals surface area contributed by atoms with Gasteiger partial charge in [0.1, 0.15) is 6.26 Å². The molecular weight excluding hydrogens is 382 g/mol. The van der Waals surface area contributed by atoms with Crippen LogP contribution in [0.15, 0.2) is 17.1 Å². The van der Waals surface area contributed by atoms with Gasteiger partial charge in [0.05, 0.1) is 11.8 Å². The molecule has 9 unspecified atom stereocenters. The highest BCUT2D eigenvalue weighted by molar-refractivity contribution is 5.10. The van der Waals surface area contributed by atoms with Gasteiger partial charge >= 0.3 is 0 Å². The molecule has 0 radical (unpaired) electrons. The Hall–Kier alpha value is -0.830. The third-order valence-electron chi connectivity index (χ3n) is 10.7. The molecule has 0 aromatic carbocycles. The van der Waals surface area contributed by atoms with E-state index >= 15 is 0 Å². The molecule has 0 spiro atoms. The first-order valence-corrected chi connectivity index (χ1v) is 13.5. The lowest BCUT2D eigenvalue weighted by Gasteiger charge is -2.61. The molecule has 0 saturated heterocycles. The van der Waals surface area contributed by atoms with E-state index in [1.165, 1.54) is 51.4 Å².